The van der Waals surface area contributed by atoms with Gasteiger partial charge in [-0.1, -0.05) is 12.1 Å². The molecule has 0 bridgehead atoms. The average molecular weight is 230 g/mol. The van der Waals surface area contributed by atoms with Crippen molar-refractivity contribution in [2.24, 2.45) is 5.73 Å². The molecule has 0 aliphatic heterocycles. The van der Waals surface area contributed by atoms with Crippen LogP contribution in [0.1, 0.15) is 23.7 Å². The van der Waals surface area contributed by atoms with E-state index in [4.69, 9.17) is 12.2 Å². The standard InChI is InChI=1S/C13H14N2O2/c1-3-5-12(14)13(17)15-11-7-4-6-10(8-11)9(2)16/h1,4,6-8,12H,5,14H2,2H3,(H,15,17). The fourth-order valence-corrected chi connectivity index (χ4v) is 1.27. The van der Waals surface area contributed by atoms with Crippen LogP contribution in [-0.4, -0.2) is 17.7 Å². The Balaban J connectivity index is 2.75. The molecule has 1 rings (SSSR count). The van der Waals surface area contributed by atoms with E-state index in [-0.39, 0.29) is 18.1 Å². The van der Waals surface area contributed by atoms with Gasteiger partial charge in [-0.2, -0.15) is 0 Å². The van der Waals surface area contributed by atoms with Crippen LogP contribution in [0.25, 0.3) is 0 Å². The van der Waals surface area contributed by atoms with Crippen molar-refractivity contribution in [3.05, 3.63) is 29.8 Å². The number of rotatable bonds is 4. The number of hydrogen-bond acceptors (Lipinski definition) is 3. The highest BCUT2D eigenvalue weighted by atomic mass is 16.2. The van der Waals surface area contributed by atoms with Crippen molar-refractivity contribution < 1.29 is 9.59 Å². The van der Waals surface area contributed by atoms with Gasteiger partial charge in [0.1, 0.15) is 0 Å². The second kappa shape index (κ2) is 5.83. The Morgan fingerprint density at radius 1 is 1.53 bits per heavy atom. The maximum atomic E-state index is 11.6. The number of anilines is 1. The quantitative estimate of drug-likeness (QED) is 0.602. The van der Waals surface area contributed by atoms with Gasteiger partial charge in [-0.15, -0.1) is 12.3 Å². The lowest BCUT2D eigenvalue weighted by Gasteiger charge is -2.10. The number of hydrogen-bond donors (Lipinski definition) is 2. The Hall–Kier alpha value is -2.12. The molecule has 0 spiro atoms. The van der Waals surface area contributed by atoms with E-state index < -0.39 is 6.04 Å². The molecule has 4 heteroatoms. The number of Topliss-reactive ketones (excluding diaryl/α,β-unsaturated/α-hetero) is 1. The molecule has 0 saturated carbocycles. The smallest absolute Gasteiger partial charge is 0.242 e. The summed E-state index contributed by atoms with van der Waals surface area (Å²) in [6, 6.07) is 5.93. The number of benzene rings is 1. The first-order chi connectivity index (χ1) is 8.04. The number of ketones is 1. The highest BCUT2D eigenvalue weighted by Crippen LogP contribution is 2.11. The van der Waals surface area contributed by atoms with E-state index in [2.05, 4.69) is 11.2 Å². The van der Waals surface area contributed by atoms with Gasteiger partial charge >= 0.3 is 0 Å². The molecule has 1 atom stereocenters. The highest BCUT2D eigenvalue weighted by molar-refractivity contribution is 5.98. The van der Waals surface area contributed by atoms with Crippen molar-refractivity contribution in [1.82, 2.24) is 0 Å². The summed E-state index contributed by atoms with van der Waals surface area (Å²) in [6.45, 7) is 1.46. The zero-order chi connectivity index (χ0) is 12.8. The molecule has 0 saturated heterocycles. The number of carbonyl (C=O) groups excluding carboxylic acids is 2. The summed E-state index contributed by atoms with van der Waals surface area (Å²) in [5.41, 5.74) is 6.62. The van der Waals surface area contributed by atoms with Crippen molar-refractivity contribution in [2.75, 3.05) is 5.32 Å². The van der Waals surface area contributed by atoms with Crippen LogP contribution in [0.4, 0.5) is 5.69 Å². The number of amides is 1. The summed E-state index contributed by atoms with van der Waals surface area (Å²) >= 11 is 0. The van der Waals surface area contributed by atoms with Crippen molar-refractivity contribution in [1.29, 1.82) is 0 Å². The third-order valence-corrected chi connectivity index (χ3v) is 2.21. The molecule has 0 aliphatic rings. The van der Waals surface area contributed by atoms with Crippen LogP contribution in [0.2, 0.25) is 0 Å². The van der Waals surface area contributed by atoms with Crippen LogP contribution in [0.3, 0.4) is 0 Å². The van der Waals surface area contributed by atoms with Gasteiger partial charge in [0.2, 0.25) is 5.91 Å². The third kappa shape index (κ3) is 3.74. The lowest BCUT2D eigenvalue weighted by atomic mass is 10.1. The topological polar surface area (TPSA) is 72.2 Å². The number of terminal acetylenes is 1. The first-order valence-corrected chi connectivity index (χ1v) is 5.15. The maximum Gasteiger partial charge on any atom is 0.242 e. The second-order valence-corrected chi connectivity index (χ2v) is 3.64. The van der Waals surface area contributed by atoms with Gasteiger partial charge in [-0.25, -0.2) is 0 Å². The Labute approximate surface area is 100 Å². The summed E-state index contributed by atoms with van der Waals surface area (Å²) in [6.07, 6.45) is 5.25. The number of nitrogens with one attached hydrogen (secondary N) is 1. The van der Waals surface area contributed by atoms with Gasteiger partial charge in [0, 0.05) is 17.7 Å². The monoisotopic (exact) mass is 230 g/mol. The molecule has 1 amide bonds. The molecule has 1 unspecified atom stereocenters. The molecular weight excluding hydrogens is 216 g/mol. The van der Waals surface area contributed by atoms with Crippen LogP contribution in [-0.2, 0) is 4.79 Å². The van der Waals surface area contributed by atoms with Crippen LogP contribution >= 0.6 is 0 Å². The van der Waals surface area contributed by atoms with Gasteiger partial charge in [0.05, 0.1) is 6.04 Å². The third-order valence-electron chi connectivity index (χ3n) is 2.21. The SMILES string of the molecule is C#CCC(N)C(=O)Nc1cccc(C(C)=O)c1. The number of nitrogens with two attached hydrogens (primary N) is 1. The zero-order valence-corrected chi connectivity index (χ0v) is 9.57. The van der Waals surface area contributed by atoms with Crippen molar-refractivity contribution >= 4 is 17.4 Å². The van der Waals surface area contributed by atoms with Gasteiger partial charge in [-0.3, -0.25) is 9.59 Å². The Kier molecular flexibility index (Phi) is 4.44. The van der Waals surface area contributed by atoms with Crippen molar-refractivity contribution in [2.45, 2.75) is 19.4 Å². The molecule has 0 radical (unpaired) electrons. The first-order valence-electron chi connectivity index (χ1n) is 5.15. The van der Waals surface area contributed by atoms with E-state index in [1.54, 1.807) is 24.3 Å². The second-order valence-electron chi connectivity index (χ2n) is 3.64. The molecule has 0 heterocycles. The van der Waals surface area contributed by atoms with Crippen LogP contribution < -0.4 is 11.1 Å². The molecule has 88 valence electrons. The van der Waals surface area contributed by atoms with Crippen LogP contribution in [0, 0.1) is 12.3 Å². The minimum Gasteiger partial charge on any atom is -0.325 e. The largest absolute Gasteiger partial charge is 0.325 e. The molecule has 3 N–H and O–H groups in total. The molecular formula is C13H14N2O2. The summed E-state index contributed by atoms with van der Waals surface area (Å²) in [5.74, 6) is 1.90. The minimum atomic E-state index is -0.735. The van der Waals surface area contributed by atoms with Gasteiger partial charge in [0.15, 0.2) is 5.78 Å². The first kappa shape index (κ1) is 12.9. The minimum absolute atomic E-state index is 0.0611. The molecule has 1 aromatic rings. The maximum absolute atomic E-state index is 11.6. The van der Waals surface area contributed by atoms with E-state index in [0.717, 1.165) is 0 Å². The molecule has 0 aromatic heterocycles. The zero-order valence-electron chi connectivity index (χ0n) is 9.57. The van der Waals surface area contributed by atoms with Crippen LogP contribution in [0.15, 0.2) is 24.3 Å². The lowest BCUT2D eigenvalue weighted by molar-refractivity contribution is -0.117. The van der Waals surface area contributed by atoms with Crippen molar-refractivity contribution in [3.8, 4) is 12.3 Å². The Bertz CT molecular complexity index is 475. The highest BCUT2D eigenvalue weighted by Gasteiger charge is 2.12. The van der Waals surface area contributed by atoms with Gasteiger partial charge in [-0.05, 0) is 19.1 Å². The summed E-state index contributed by atoms with van der Waals surface area (Å²) in [7, 11) is 0. The van der Waals surface area contributed by atoms with E-state index in [1.807, 2.05) is 0 Å². The normalized spacial score (nSPS) is 11.4. The summed E-state index contributed by atoms with van der Waals surface area (Å²) in [4.78, 5) is 22.7. The Morgan fingerprint density at radius 3 is 2.82 bits per heavy atom. The summed E-state index contributed by atoms with van der Waals surface area (Å²) in [5, 5.41) is 2.61. The van der Waals surface area contributed by atoms with Crippen LogP contribution in [0.5, 0.6) is 0 Å². The molecule has 4 nitrogen and oxygen atoms in total. The average Bonchev–Trinajstić information content (AvgIpc) is 2.29. The lowest BCUT2D eigenvalue weighted by Crippen LogP contribution is -2.35. The van der Waals surface area contributed by atoms with Gasteiger partial charge in [0.25, 0.3) is 0 Å². The molecule has 0 aliphatic carbocycles. The predicted octanol–water partition coefficient (Wildman–Crippen LogP) is 1.18. The van der Waals surface area contributed by atoms with E-state index in [9.17, 15) is 9.59 Å². The molecule has 0 fully saturated rings. The predicted molar refractivity (Wildman–Crippen MR) is 66.5 cm³/mol. The van der Waals surface area contributed by atoms with E-state index >= 15 is 0 Å². The fraction of sp³-hybridized carbons (Fsp3) is 0.231. The van der Waals surface area contributed by atoms with E-state index in [1.165, 1.54) is 6.92 Å². The molecule has 17 heavy (non-hydrogen) atoms. The number of carbonyl (C=O) groups is 2. The van der Waals surface area contributed by atoms with Crippen molar-refractivity contribution in [3.63, 3.8) is 0 Å². The summed E-state index contributed by atoms with van der Waals surface area (Å²) < 4.78 is 0. The Morgan fingerprint density at radius 2 is 2.24 bits per heavy atom. The van der Waals surface area contributed by atoms with E-state index in [0.29, 0.717) is 11.3 Å². The molecule has 1 aromatic carbocycles. The fourth-order valence-electron chi connectivity index (χ4n) is 1.27. The van der Waals surface area contributed by atoms with Gasteiger partial charge < -0.3 is 11.1 Å².